The van der Waals surface area contributed by atoms with Gasteiger partial charge in [0.25, 0.3) is 0 Å². The minimum Gasteiger partial charge on any atom is -0.492 e. The van der Waals surface area contributed by atoms with Gasteiger partial charge in [0.15, 0.2) is 23.3 Å². The number of halogens is 5. The lowest BCUT2D eigenvalue weighted by molar-refractivity contribution is -0.119. The van der Waals surface area contributed by atoms with Crippen LogP contribution in [0.25, 0.3) is 0 Å². The Morgan fingerprint density at radius 1 is 0.963 bits per heavy atom. The highest BCUT2D eigenvalue weighted by atomic mass is 79.9. The van der Waals surface area contributed by atoms with Gasteiger partial charge < -0.3 is 14.7 Å². The third-order valence-corrected chi connectivity index (χ3v) is 11.8. The highest BCUT2D eigenvalue weighted by Gasteiger charge is 2.38. The van der Waals surface area contributed by atoms with E-state index >= 15 is 4.39 Å². The van der Waals surface area contributed by atoms with Crippen LogP contribution >= 0.6 is 15.9 Å². The molecule has 1 amide bonds. The third kappa shape index (κ3) is 8.46. The van der Waals surface area contributed by atoms with Crippen molar-refractivity contribution in [2.45, 2.75) is 69.9 Å². The summed E-state index contributed by atoms with van der Waals surface area (Å²) in [5, 5.41) is 19.5. The average Bonchev–Trinajstić information content (AvgIpc) is 3.98. The molecule has 0 unspecified atom stereocenters. The molecule has 0 spiro atoms. The Morgan fingerprint density at radius 3 is 2.24 bits per heavy atom. The molecule has 1 saturated carbocycles. The van der Waals surface area contributed by atoms with Crippen molar-refractivity contribution in [2.24, 2.45) is 0 Å². The van der Waals surface area contributed by atoms with Crippen LogP contribution < -0.4 is 9.64 Å². The molecule has 0 heterocycles. The Kier molecular flexibility index (Phi) is 11.9. The van der Waals surface area contributed by atoms with Gasteiger partial charge >= 0.3 is 5.97 Å². The number of carbonyl (C=O) groups excluding carboxylic acids is 1. The Labute approximate surface area is 319 Å². The van der Waals surface area contributed by atoms with Crippen molar-refractivity contribution in [3.05, 3.63) is 122 Å². The standard InChI is InChI=1S/C39H36BrF4N3O6S/c1-5-53-30-17-24(38(49)50)12-13-29(30)47(19-22-14-27(23-10-11-23)16-28(15-22)39(2,3)4)31(48)21-46(20-26-9-7-6-8-25(26)18-45)54(51,52)37-32(40)33(41)34(42)35(43)36(37)44/h6-9,12-17,23H,5,10-11,19-21H2,1-4H3,(H,49,50). The number of anilines is 1. The van der Waals surface area contributed by atoms with Crippen molar-refractivity contribution in [3.8, 4) is 11.8 Å². The molecule has 54 heavy (non-hydrogen) atoms. The molecule has 0 aliphatic heterocycles. The molecule has 1 N–H and O–H groups in total. The number of sulfonamides is 1. The summed E-state index contributed by atoms with van der Waals surface area (Å²) >= 11 is 2.56. The van der Waals surface area contributed by atoms with Crippen LogP contribution in [0.1, 0.15) is 84.6 Å². The zero-order valence-electron chi connectivity index (χ0n) is 29.7. The Balaban J connectivity index is 1.69. The maximum absolute atomic E-state index is 15.3. The van der Waals surface area contributed by atoms with Gasteiger partial charge in [0.2, 0.25) is 15.9 Å². The van der Waals surface area contributed by atoms with Crippen LogP contribution in [0.4, 0.5) is 23.2 Å². The second-order valence-electron chi connectivity index (χ2n) is 13.8. The maximum Gasteiger partial charge on any atom is 0.335 e. The van der Waals surface area contributed by atoms with Crippen molar-refractivity contribution in [1.29, 1.82) is 5.26 Å². The van der Waals surface area contributed by atoms with Crippen LogP contribution in [-0.2, 0) is 33.3 Å². The van der Waals surface area contributed by atoms with E-state index in [0.29, 0.717) is 15.8 Å². The molecule has 0 radical (unpaired) electrons. The van der Waals surface area contributed by atoms with Crippen LogP contribution in [0.3, 0.4) is 0 Å². The summed E-state index contributed by atoms with van der Waals surface area (Å²) < 4.78 is 92.4. The van der Waals surface area contributed by atoms with Gasteiger partial charge in [-0.3, -0.25) is 4.79 Å². The van der Waals surface area contributed by atoms with E-state index in [1.165, 1.54) is 47.4 Å². The second kappa shape index (κ2) is 15.9. The van der Waals surface area contributed by atoms with Crippen LogP contribution in [0.2, 0.25) is 0 Å². The lowest BCUT2D eigenvalue weighted by Gasteiger charge is -2.30. The molecule has 9 nitrogen and oxygen atoms in total. The van der Waals surface area contributed by atoms with Gasteiger partial charge in [-0.25, -0.2) is 30.8 Å². The molecular formula is C39H36BrF4N3O6S. The summed E-state index contributed by atoms with van der Waals surface area (Å²) in [6.07, 6.45) is 1.96. The number of benzene rings is 4. The van der Waals surface area contributed by atoms with Gasteiger partial charge in [0.05, 0.1) is 47.1 Å². The van der Waals surface area contributed by atoms with Gasteiger partial charge in [-0.15, -0.1) is 0 Å². The summed E-state index contributed by atoms with van der Waals surface area (Å²) in [7, 11) is -5.41. The quantitative estimate of drug-likeness (QED) is 0.0813. The lowest BCUT2D eigenvalue weighted by atomic mass is 9.84. The number of amides is 1. The average molecular weight is 831 g/mol. The Bertz CT molecular complexity index is 2260. The van der Waals surface area contributed by atoms with Crippen molar-refractivity contribution < 1.29 is 45.4 Å². The fraction of sp³-hybridized carbons (Fsp3) is 0.308. The minimum atomic E-state index is -5.41. The number of carboxylic acid groups (broad SMARTS) is 1. The van der Waals surface area contributed by atoms with Gasteiger partial charge in [0.1, 0.15) is 10.6 Å². The number of aromatic carboxylic acids is 1. The number of ether oxygens (including phenoxy) is 1. The van der Waals surface area contributed by atoms with Gasteiger partial charge in [0, 0.05) is 6.54 Å². The largest absolute Gasteiger partial charge is 0.492 e. The topological polar surface area (TPSA) is 128 Å². The highest BCUT2D eigenvalue weighted by molar-refractivity contribution is 9.10. The van der Waals surface area contributed by atoms with E-state index in [2.05, 4.69) is 22.0 Å². The highest BCUT2D eigenvalue weighted by Crippen LogP contribution is 2.42. The van der Waals surface area contributed by atoms with Crippen molar-refractivity contribution in [1.82, 2.24) is 4.31 Å². The third-order valence-electron chi connectivity index (χ3n) is 8.93. The van der Waals surface area contributed by atoms with E-state index < -0.39 is 67.6 Å². The maximum atomic E-state index is 15.3. The molecule has 4 aromatic rings. The van der Waals surface area contributed by atoms with E-state index in [1.54, 1.807) is 6.92 Å². The molecule has 4 aromatic carbocycles. The molecule has 284 valence electrons. The van der Waals surface area contributed by atoms with Crippen molar-refractivity contribution in [3.63, 3.8) is 0 Å². The summed E-state index contributed by atoms with van der Waals surface area (Å²) in [4.78, 5) is 26.2. The van der Waals surface area contributed by atoms with Crippen LogP contribution in [0.5, 0.6) is 5.75 Å². The van der Waals surface area contributed by atoms with Crippen LogP contribution in [-0.4, -0.2) is 42.9 Å². The summed E-state index contributed by atoms with van der Waals surface area (Å²) in [6, 6.07) is 17.4. The van der Waals surface area contributed by atoms with Crippen LogP contribution in [0.15, 0.2) is 70.0 Å². The van der Waals surface area contributed by atoms with Crippen molar-refractivity contribution >= 4 is 43.5 Å². The second-order valence-corrected chi connectivity index (χ2v) is 16.5. The summed E-state index contributed by atoms with van der Waals surface area (Å²) in [6.45, 7) is 5.79. The smallest absolute Gasteiger partial charge is 0.335 e. The van der Waals surface area contributed by atoms with E-state index in [1.807, 2.05) is 39.0 Å². The molecule has 1 aliphatic carbocycles. The molecule has 5 rings (SSSR count). The van der Waals surface area contributed by atoms with E-state index in [4.69, 9.17) is 4.74 Å². The molecule has 1 fully saturated rings. The minimum absolute atomic E-state index is 0.00694. The zero-order chi connectivity index (χ0) is 39.7. The molecule has 0 atom stereocenters. The number of hydrogen-bond acceptors (Lipinski definition) is 6. The summed E-state index contributed by atoms with van der Waals surface area (Å²) in [5.41, 5.74) is 2.35. The number of carboxylic acids is 1. The molecule has 1 aliphatic rings. The normalized spacial score (nSPS) is 13.1. The molecule has 15 heteroatoms. The SMILES string of the molecule is CCOc1cc(C(=O)O)ccc1N(Cc1cc(C2CC2)cc(C(C)(C)C)c1)C(=O)CN(Cc1ccccc1C#N)S(=O)(=O)c1c(F)c(F)c(F)c(F)c1Br. The van der Waals surface area contributed by atoms with E-state index in [9.17, 15) is 41.5 Å². The van der Waals surface area contributed by atoms with E-state index in [0.717, 1.165) is 24.0 Å². The Hall–Kier alpha value is -4.78. The van der Waals surface area contributed by atoms with Crippen LogP contribution in [0, 0.1) is 34.6 Å². The summed E-state index contributed by atoms with van der Waals surface area (Å²) in [5.74, 6) is -10.8. The first-order chi connectivity index (χ1) is 25.4. The number of hydrogen-bond donors (Lipinski definition) is 1. The van der Waals surface area contributed by atoms with Crippen molar-refractivity contribution in [2.75, 3.05) is 18.1 Å². The number of rotatable bonds is 13. The molecular weight excluding hydrogens is 794 g/mol. The van der Waals surface area contributed by atoms with Gasteiger partial charge in [-0.1, -0.05) is 57.2 Å². The van der Waals surface area contributed by atoms with Gasteiger partial charge in [-0.2, -0.15) is 9.57 Å². The first kappa shape index (κ1) is 40.4. The van der Waals surface area contributed by atoms with E-state index in [-0.39, 0.29) is 46.7 Å². The first-order valence-corrected chi connectivity index (χ1v) is 19.1. The number of carbonyl (C=O) groups is 2. The first-order valence-electron chi connectivity index (χ1n) is 16.8. The predicted molar refractivity (Wildman–Crippen MR) is 196 cm³/mol. The fourth-order valence-electron chi connectivity index (χ4n) is 5.89. The molecule has 0 saturated heterocycles. The molecule has 0 aromatic heterocycles. The fourth-order valence-corrected chi connectivity index (χ4v) is 8.33. The monoisotopic (exact) mass is 829 g/mol. The predicted octanol–water partition coefficient (Wildman–Crippen LogP) is 8.57. The zero-order valence-corrected chi connectivity index (χ0v) is 32.1. The Morgan fingerprint density at radius 2 is 1.63 bits per heavy atom. The molecule has 0 bridgehead atoms. The number of nitrogens with zero attached hydrogens (tertiary/aromatic N) is 3. The number of nitriles is 1. The van der Waals surface area contributed by atoms with Gasteiger partial charge in [-0.05, 0) is 93.5 Å². The lowest BCUT2D eigenvalue weighted by Crippen LogP contribution is -2.43.